The quantitative estimate of drug-likeness (QED) is 0.492. The molecule has 0 radical (unpaired) electrons. The van der Waals surface area contributed by atoms with Gasteiger partial charge in [0.1, 0.15) is 6.67 Å². The molecule has 0 fully saturated rings. The summed E-state index contributed by atoms with van der Waals surface area (Å²) in [5.74, 6) is 0. The largest absolute Gasteiger partial charge is 0.390 e. The molecule has 0 N–H and O–H groups in total. The Bertz CT molecular complexity index is 135. The van der Waals surface area contributed by atoms with Crippen LogP contribution < -0.4 is 0 Å². The van der Waals surface area contributed by atoms with Gasteiger partial charge in [-0.1, -0.05) is 6.92 Å². The van der Waals surface area contributed by atoms with Crippen molar-refractivity contribution in [1.29, 1.82) is 0 Å². The first-order valence-corrected chi connectivity index (χ1v) is 3.91. The van der Waals surface area contributed by atoms with Crippen molar-refractivity contribution >= 4 is 0 Å². The summed E-state index contributed by atoms with van der Waals surface area (Å²) in [5.41, 5.74) is 0. The van der Waals surface area contributed by atoms with Gasteiger partial charge >= 0.3 is 6.18 Å². The molecule has 1 unspecified atom stereocenters. The second-order valence-corrected chi connectivity index (χ2v) is 2.58. The van der Waals surface area contributed by atoms with E-state index in [0.717, 1.165) is 4.90 Å². The smallest absolute Gasteiger partial charge is 0.272 e. The van der Waals surface area contributed by atoms with Gasteiger partial charge in [0.25, 0.3) is 0 Å². The summed E-state index contributed by atoms with van der Waals surface area (Å²) in [6.07, 6.45) is -7.35. The molecule has 0 aromatic carbocycles. The minimum Gasteiger partial charge on any atom is -0.272 e. The molecular weight excluding hydrogens is 193 g/mol. The lowest BCUT2D eigenvalue weighted by Crippen LogP contribution is -2.36. The molecular formula is C7H12F5N. The maximum absolute atomic E-state index is 12.6. The molecule has 1 nitrogen and oxygen atoms in total. The van der Waals surface area contributed by atoms with Gasteiger partial charge in [-0.2, -0.15) is 13.2 Å². The molecule has 1 atom stereocenters. The van der Waals surface area contributed by atoms with Crippen molar-refractivity contribution < 1.29 is 22.0 Å². The first kappa shape index (κ1) is 12.6. The molecule has 0 aromatic rings. The molecule has 13 heavy (non-hydrogen) atoms. The molecule has 0 saturated carbocycles. The number of nitrogens with zero attached hydrogens (tertiary/aromatic N) is 1. The van der Waals surface area contributed by atoms with Gasteiger partial charge in [-0.25, -0.2) is 8.78 Å². The zero-order valence-corrected chi connectivity index (χ0v) is 7.24. The molecule has 0 saturated heterocycles. The van der Waals surface area contributed by atoms with Gasteiger partial charge in [0.15, 0.2) is 6.30 Å². The maximum Gasteiger partial charge on any atom is 0.390 e. The van der Waals surface area contributed by atoms with Gasteiger partial charge < -0.3 is 0 Å². The van der Waals surface area contributed by atoms with E-state index in [1.54, 1.807) is 0 Å². The van der Waals surface area contributed by atoms with Crippen LogP contribution in [-0.2, 0) is 0 Å². The normalized spacial score (nSPS) is 15.0. The molecule has 0 aromatic heterocycles. The molecule has 0 heterocycles. The minimum absolute atomic E-state index is 0.0706. The van der Waals surface area contributed by atoms with Crippen LogP contribution in [0.25, 0.3) is 0 Å². The molecule has 80 valence electrons. The van der Waals surface area contributed by atoms with Gasteiger partial charge in [-0.3, -0.25) is 4.90 Å². The number of alkyl halides is 5. The van der Waals surface area contributed by atoms with Crippen molar-refractivity contribution in [1.82, 2.24) is 4.90 Å². The SMILES string of the molecule is CCN(CCC(F)(F)F)C(F)CF. The van der Waals surface area contributed by atoms with Crippen LogP contribution in [0.2, 0.25) is 0 Å². The Morgan fingerprint density at radius 1 is 1.31 bits per heavy atom. The van der Waals surface area contributed by atoms with E-state index >= 15 is 0 Å². The summed E-state index contributed by atoms with van der Waals surface area (Å²) in [6, 6.07) is 0. The lowest BCUT2D eigenvalue weighted by Gasteiger charge is -2.22. The second kappa shape index (κ2) is 5.36. The number of hydrogen-bond donors (Lipinski definition) is 0. The summed E-state index contributed by atoms with van der Waals surface area (Å²) in [5, 5.41) is 0. The monoisotopic (exact) mass is 205 g/mol. The van der Waals surface area contributed by atoms with Crippen molar-refractivity contribution in [2.24, 2.45) is 0 Å². The Labute approximate surface area is 73.5 Å². The summed E-state index contributed by atoms with van der Waals surface area (Å²) in [6.45, 7) is -0.212. The third-order valence-electron chi connectivity index (χ3n) is 1.61. The van der Waals surface area contributed by atoms with Gasteiger partial charge in [-0.05, 0) is 6.54 Å². The number of rotatable bonds is 5. The summed E-state index contributed by atoms with van der Waals surface area (Å²) in [4.78, 5) is 0.813. The van der Waals surface area contributed by atoms with Gasteiger partial charge in [0.05, 0.1) is 6.42 Å². The Morgan fingerprint density at radius 3 is 2.15 bits per heavy atom. The van der Waals surface area contributed by atoms with Crippen LogP contribution in [0.5, 0.6) is 0 Å². The highest BCUT2D eigenvalue weighted by Gasteiger charge is 2.29. The van der Waals surface area contributed by atoms with Crippen molar-refractivity contribution in [2.45, 2.75) is 25.8 Å². The molecule has 0 aliphatic heterocycles. The zero-order valence-electron chi connectivity index (χ0n) is 7.24. The van der Waals surface area contributed by atoms with E-state index in [2.05, 4.69) is 0 Å². The Balaban J connectivity index is 3.85. The fourth-order valence-corrected chi connectivity index (χ4v) is 0.864. The molecule has 0 amide bonds. The molecule has 0 aliphatic carbocycles. The highest BCUT2D eigenvalue weighted by molar-refractivity contribution is 4.62. The third-order valence-corrected chi connectivity index (χ3v) is 1.61. The third kappa shape index (κ3) is 5.79. The first-order chi connectivity index (χ1) is 5.90. The van der Waals surface area contributed by atoms with E-state index < -0.39 is 32.1 Å². The lowest BCUT2D eigenvalue weighted by atomic mass is 10.3. The van der Waals surface area contributed by atoms with Crippen LogP contribution in [0.4, 0.5) is 22.0 Å². The summed E-state index contributed by atoms with van der Waals surface area (Å²) in [7, 11) is 0. The van der Waals surface area contributed by atoms with Crippen LogP contribution in [0.1, 0.15) is 13.3 Å². The van der Waals surface area contributed by atoms with Gasteiger partial charge in [0.2, 0.25) is 0 Å². The Hall–Kier alpha value is -0.390. The van der Waals surface area contributed by atoms with E-state index in [-0.39, 0.29) is 6.54 Å². The number of halogens is 5. The van der Waals surface area contributed by atoms with Crippen molar-refractivity contribution in [3.63, 3.8) is 0 Å². The summed E-state index contributed by atoms with van der Waals surface area (Å²) >= 11 is 0. The number of hydrogen-bond acceptors (Lipinski definition) is 1. The predicted molar refractivity (Wildman–Crippen MR) is 38.8 cm³/mol. The van der Waals surface area contributed by atoms with E-state index in [1.165, 1.54) is 6.92 Å². The van der Waals surface area contributed by atoms with Crippen LogP contribution in [-0.4, -0.2) is 37.1 Å². The van der Waals surface area contributed by atoms with Crippen molar-refractivity contribution in [3.8, 4) is 0 Å². The highest BCUT2D eigenvalue weighted by Crippen LogP contribution is 2.20. The van der Waals surface area contributed by atoms with E-state index in [0.29, 0.717) is 0 Å². The topological polar surface area (TPSA) is 3.24 Å². The van der Waals surface area contributed by atoms with Crippen LogP contribution in [0.3, 0.4) is 0 Å². The Morgan fingerprint density at radius 2 is 1.85 bits per heavy atom. The maximum atomic E-state index is 12.6. The molecule has 0 aliphatic rings. The zero-order chi connectivity index (χ0) is 10.5. The molecule has 0 spiro atoms. The van der Waals surface area contributed by atoms with Crippen LogP contribution in [0, 0.1) is 0 Å². The van der Waals surface area contributed by atoms with E-state index in [9.17, 15) is 22.0 Å². The van der Waals surface area contributed by atoms with Gasteiger partial charge in [0, 0.05) is 6.54 Å². The van der Waals surface area contributed by atoms with Crippen LogP contribution in [0.15, 0.2) is 0 Å². The predicted octanol–water partition coefficient (Wildman–Crippen LogP) is 2.53. The van der Waals surface area contributed by atoms with E-state index in [4.69, 9.17) is 0 Å². The molecule has 6 heteroatoms. The van der Waals surface area contributed by atoms with Gasteiger partial charge in [-0.15, -0.1) is 0 Å². The average Bonchev–Trinajstić information content (AvgIpc) is 2.03. The summed E-state index contributed by atoms with van der Waals surface area (Å²) < 4.78 is 59.3. The fourth-order valence-electron chi connectivity index (χ4n) is 0.864. The van der Waals surface area contributed by atoms with Crippen molar-refractivity contribution in [2.75, 3.05) is 19.8 Å². The molecule has 0 rings (SSSR count). The lowest BCUT2D eigenvalue weighted by molar-refractivity contribution is -0.141. The van der Waals surface area contributed by atoms with E-state index in [1.807, 2.05) is 0 Å². The minimum atomic E-state index is -4.32. The first-order valence-electron chi connectivity index (χ1n) is 3.91. The Kier molecular flexibility index (Phi) is 5.20. The van der Waals surface area contributed by atoms with Crippen LogP contribution >= 0.6 is 0 Å². The highest BCUT2D eigenvalue weighted by atomic mass is 19.4. The second-order valence-electron chi connectivity index (χ2n) is 2.58. The molecule has 0 bridgehead atoms. The fraction of sp³-hybridized carbons (Fsp3) is 1.00. The average molecular weight is 205 g/mol. The van der Waals surface area contributed by atoms with Crippen molar-refractivity contribution in [3.05, 3.63) is 0 Å². The standard InChI is InChI=1S/C7H12F5N/c1-2-13(6(9)5-8)4-3-7(10,11)12/h6H,2-5H2,1H3.